The van der Waals surface area contributed by atoms with Gasteiger partial charge in [0.25, 0.3) is 0 Å². The van der Waals surface area contributed by atoms with Crippen LogP contribution in [-0.4, -0.2) is 27.4 Å². The molecular weight excluding hydrogens is 210 g/mol. The van der Waals surface area contributed by atoms with Crippen LogP contribution in [-0.2, 0) is 6.42 Å². The molecule has 0 aliphatic rings. The van der Waals surface area contributed by atoms with Crippen molar-refractivity contribution >= 4 is 6.09 Å². The fourth-order valence-electron chi connectivity index (χ4n) is 1.57. The van der Waals surface area contributed by atoms with Crippen LogP contribution >= 0.6 is 0 Å². The Bertz CT molecular complexity index is 349. The Morgan fingerprint density at radius 2 is 2.25 bits per heavy atom. The summed E-state index contributed by atoms with van der Waals surface area (Å²) in [5, 5.41) is 14.8. The van der Waals surface area contributed by atoms with Crippen molar-refractivity contribution in [2.45, 2.75) is 39.7 Å². The number of aromatic nitrogens is 2. The lowest BCUT2D eigenvalue weighted by atomic mass is 10.0. The molecule has 1 amide bonds. The SMILES string of the molecule is Cc1noc(CC(CC(C)C)NC(=O)O)n1. The Morgan fingerprint density at radius 3 is 2.69 bits per heavy atom. The van der Waals surface area contributed by atoms with Gasteiger partial charge in [0.1, 0.15) is 0 Å². The van der Waals surface area contributed by atoms with Crippen molar-refractivity contribution in [2.24, 2.45) is 5.92 Å². The average Bonchev–Trinajstić information content (AvgIpc) is 2.48. The Balaban J connectivity index is 2.58. The van der Waals surface area contributed by atoms with Crippen LogP contribution in [0.4, 0.5) is 4.79 Å². The van der Waals surface area contributed by atoms with Crippen LogP contribution in [0.5, 0.6) is 0 Å². The van der Waals surface area contributed by atoms with E-state index in [4.69, 9.17) is 9.63 Å². The molecule has 1 unspecified atom stereocenters. The highest BCUT2D eigenvalue weighted by molar-refractivity contribution is 5.64. The van der Waals surface area contributed by atoms with E-state index in [1.807, 2.05) is 13.8 Å². The minimum Gasteiger partial charge on any atom is -0.465 e. The number of carbonyl (C=O) groups is 1. The maximum atomic E-state index is 10.6. The summed E-state index contributed by atoms with van der Waals surface area (Å²) in [6.45, 7) is 5.81. The van der Waals surface area contributed by atoms with Crippen molar-refractivity contribution in [3.8, 4) is 0 Å². The maximum absolute atomic E-state index is 10.6. The largest absolute Gasteiger partial charge is 0.465 e. The highest BCUT2D eigenvalue weighted by Crippen LogP contribution is 2.10. The van der Waals surface area contributed by atoms with E-state index < -0.39 is 6.09 Å². The van der Waals surface area contributed by atoms with Gasteiger partial charge in [-0.1, -0.05) is 19.0 Å². The minimum atomic E-state index is -1.03. The molecule has 1 heterocycles. The van der Waals surface area contributed by atoms with Crippen molar-refractivity contribution in [3.05, 3.63) is 11.7 Å². The smallest absolute Gasteiger partial charge is 0.404 e. The van der Waals surface area contributed by atoms with E-state index in [-0.39, 0.29) is 6.04 Å². The van der Waals surface area contributed by atoms with Crippen molar-refractivity contribution < 1.29 is 14.4 Å². The Hall–Kier alpha value is -1.59. The van der Waals surface area contributed by atoms with E-state index in [0.717, 1.165) is 6.42 Å². The van der Waals surface area contributed by atoms with Crippen molar-refractivity contribution in [3.63, 3.8) is 0 Å². The zero-order chi connectivity index (χ0) is 12.1. The third-order valence-electron chi connectivity index (χ3n) is 2.07. The molecule has 0 fully saturated rings. The van der Waals surface area contributed by atoms with Gasteiger partial charge in [0.15, 0.2) is 5.82 Å². The predicted octanol–water partition coefficient (Wildman–Crippen LogP) is 1.60. The first kappa shape index (κ1) is 12.5. The minimum absolute atomic E-state index is 0.183. The number of hydrogen-bond acceptors (Lipinski definition) is 4. The average molecular weight is 227 g/mol. The fraction of sp³-hybridized carbons (Fsp3) is 0.700. The van der Waals surface area contributed by atoms with Gasteiger partial charge in [-0.3, -0.25) is 0 Å². The number of hydrogen-bond donors (Lipinski definition) is 2. The summed E-state index contributed by atoms with van der Waals surface area (Å²) in [5.41, 5.74) is 0. The Morgan fingerprint density at radius 1 is 1.56 bits per heavy atom. The van der Waals surface area contributed by atoms with Crippen LogP contribution in [0, 0.1) is 12.8 Å². The summed E-state index contributed by atoms with van der Waals surface area (Å²) < 4.78 is 4.96. The van der Waals surface area contributed by atoms with Gasteiger partial charge in [0.2, 0.25) is 5.89 Å². The van der Waals surface area contributed by atoms with Crippen LogP contribution < -0.4 is 5.32 Å². The van der Waals surface area contributed by atoms with E-state index in [9.17, 15) is 4.79 Å². The van der Waals surface area contributed by atoms with Crippen molar-refractivity contribution in [1.82, 2.24) is 15.5 Å². The second-order valence-corrected chi connectivity index (χ2v) is 4.22. The van der Waals surface area contributed by atoms with Gasteiger partial charge in [-0.05, 0) is 19.3 Å². The van der Waals surface area contributed by atoms with Crippen LogP contribution in [0.3, 0.4) is 0 Å². The molecule has 6 heteroatoms. The van der Waals surface area contributed by atoms with Gasteiger partial charge in [0.05, 0.1) is 0 Å². The molecule has 0 aromatic carbocycles. The molecule has 6 nitrogen and oxygen atoms in total. The van der Waals surface area contributed by atoms with Gasteiger partial charge in [-0.25, -0.2) is 4.79 Å². The number of nitrogens with one attached hydrogen (secondary N) is 1. The summed E-state index contributed by atoms with van der Waals surface area (Å²) in [7, 11) is 0. The molecule has 16 heavy (non-hydrogen) atoms. The lowest BCUT2D eigenvalue weighted by Crippen LogP contribution is -2.36. The van der Waals surface area contributed by atoms with Gasteiger partial charge >= 0.3 is 6.09 Å². The molecular formula is C10H17N3O3. The summed E-state index contributed by atoms with van der Waals surface area (Å²) in [6, 6.07) is -0.183. The first-order valence-electron chi connectivity index (χ1n) is 5.26. The lowest BCUT2D eigenvalue weighted by Gasteiger charge is -2.16. The second kappa shape index (κ2) is 5.48. The molecule has 0 aliphatic carbocycles. The van der Waals surface area contributed by atoms with E-state index >= 15 is 0 Å². The Labute approximate surface area is 94.0 Å². The highest BCUT2D eigenvalue weighted by atomic mass is 16.5. The monoisotopic (exact) mass is 227 g/mol. The molecule has 0 radical (unpaired) electrons. The molecule has 0 spiro atoms. The molecule has 0 aliphatic heterocycles. The van der Waals surface area contributed by atoms with Crippen LogP contribution in [0.25, 0.3) is 0 Å². The molecule has 1 aromatic rings. The number of nitrogens with zero attached hydrogens (tertiary/aromatic N) is 2. The van der Waals surface area contributed by atoms with Gasteiger partial charge in [-0.2, -0.15) is 4.98 Å². The number of carboxylic acid groups (broad SMARTS) is 1. The number of aryl methyl sites for hydroxylation is 1. The summed E-state index contributed by atoms with van der Waals surface area (Å²) in [6.07, 6.45) is 0.154. The van der Waals surface area contributed by atoms with Gasteiger partial charge in [0, 0.05) is 12.5 Å². The summed E-state index contributed by atoms with van der Waals surface area (Å²) >= 11 is 0. The lowest BCUT2D eigenvalue weighted by molar-refractivity contribution is 0.186. The number of rotatable bonds is 5. The van der Waals surface area contributed by atoms with Crippen LogP contribution in [0.2, 0.25) is 0 Å². The van der Waals surface area contributed by atoms with Gasteiger partial charge in [-0.15, -0.1) is 0 Å². The molecule has 1 rings (SSSR count). The van der Waals surface area contributed by atoms with Gasteiger partial charge < -0.3 is 14.9 Å². The molecule has 1 atom stereocenters. The summed E-state index contributed by atoms with van der Waals surface area (Å²) in [4.78, 5) is 14.7. The normalized spacial score (nSPS) is 12.8. The van der Waals surface area contributed by atoms with E-state index in [2.05, 4.69) is 15.5 Å². The topological polar surface area (TPSA) is 88.2 Å². The third kappa shape index (κ3) is 4.29. The predicted molar refractivity (Wildman–Crippen MR) is 57.1 cm³/mol. The van der Waals surface area contributed by atoms with Crippen molar-refractivity contribution in [1.29, 1.82) is 0 Å². The fourth-order valence-corrected chi connectivity index (χ4v) is 1.57. The quantitative estimate of drug-likeness (QED) is 0.797. The van der Waals surface area contributed by atoms with Crippen LogP contribution in [0.1, 0.15) is 32.0 Å². The zero-order valence-electron chi connectivity index (χ0n) is 9.73. The van der Waals surface area contributed by atoms with E-state index in [1.165, 1.54) is 0 Å². The van der Waals surface area contributed by atoms with Crippen molar-refractivity contribution in [2.75, 3.05) is 0 Å². The second-order valence-electron chi connectivity index (χ2n) is 4.22. The molecule has 2 N–H and O–H groups in total. The van der Waals surface area contributed by atoms with E-state index in [0.29, 0.717) is 24.1 Å². The number of amides is 1. The molecule has 1 aromatic heterocycles. The standard InChI is InChI=1S/C10H17N3O3/c1-6(2)4-8(12-10(14)15)5-9-11-7(3)13-16-9/h6,8,12H,4-5H2,1-3H3,(H,14,15). The third-order valence-corrected chi connectivity index (χ3v) is 2.07. The zero-order valence-corrected chi connectivity index (χ0v) is 9.73. The maximum Gasteiger partial charge on any atom is 0.404 e. The first-order valence-corrected chi connectivity index (χ1v) is 5.26. The summed E-state index contributed by atoms with van der Waals surface area (Å²) in [5.74, 6) is 1.44. The Kier molecular flexibility index (Phi) is 4.28. The highest BCUT2D eigenvalue weighted by Gasteiger charge is 2.17. The molecule has 0 saturated carbocycles. The molecule has 0 bridgehead atoms. The van der Waals surface area contributed by atoms with E-state index in [1.54, 1.807) is 6.92 Å². The molecule has 90 valence electrons. The van der Waals surface area contributed by atoms with Crippen LogP contribution in [0.15, 0.2) is 4.52 Å². The first-order chi connectivity index (χ1) is 7.47. The molecule has 0 saturated heterocycles.